The van der Waals surface area contributed by atoms with E-state index in [-0.39, 0.29) is 11.8 Å². The van der Waals surface area contributed by atoms with Crippen LogP contribution in [0.4, 0.5) is 10.3 Å². The normalized spacial score (nSPS) is 10.6. The molecular weight excluding hydrogens is 335 g/mol. The summed E-state index contributed by atoms with van der Waals surface area (Å²) in [5.74, 6) is 0.670. The van der Waals surface area contributed by atoms with E-state index in [1.165, 1.54) is 6.07 Å². The predicted molar refractivity (Wildman–Crippen MR) is 82.8 cm³/mol. The molecule has 104 valence electrons. The zero-order chi connectivity index (χ0) is 14.8. The molecule has 0 saturated heterocycles. The van der Waals surface area contributed by atoms with Gasteiger partial charge in [0, 0.05) is 11.1 Å². The second kappa shape index (κ2) is 5.57. The Morgan fingerprint density at radius 2 is 1.52 bits per heavy atom. The monoisotopic (exact) mass is 344 g/mol. The number of hydrogen-bond donors (Lipinski definition) is 1. The second-order valence-corrected chi connectivity index (χ2v) is 5.19. The summed E-state index contributed by atoms with van der Waals surface area (Å²) in [4.78, 5) is 12.7. The summed E-state index contributed by atoms with van der Waals surface area (Å²) in [5.41, 5.74) is 7.26. The summed E-state index contributed by atoms with van der Waals surface area (Å²) in [7, 11) is 0. The van der Waals surface area contributed by atoms with Gasteiger partial charge >= 0.3 is 0 Å². The van der Waals surface area contributed by atoms with Gasteiger partial charge in [-0.25, -0.2) is 9.37 Å². The number of halogens is 2. The van der Waals surface area contributed by atoms with Crippen LogP contribution in [0.3, 0.4) is 0 Å². The molecule has 0 saturated carbocycles. The molecule has 0 aliphatic carbocycles. The van der Waals surface area contributed by atoms with Gasteiger partial charge in [0.25, 0.3) is 0 Å². The highest BCUT2D eigenvalue weighted by Gasteiger charge is 2.10. The molecular formula is C15H10BrFN4. The third kappa shape index (κ3) is 2.90. The van der Waals surface area contributed by atoms with Gasteiger partial charge in [-0.1, -0.05) is 30.3 Å². The number of anilines is 1. The third-order valence-corrected chi connectivity index (χ3v) is 3.47. The largest absolute Gasteiger partial charge is 0.368 e. The lowest BCUT2D eigenvalue weighted by atomic mass is 10.2. The van der Waals surface area contributed by atoms with Crippen LogP contribution in [-0.4, -0.2) is 15.0 Å². The van der Waals surface area contributed by atoms with E-state index in [2.05, 4.69) is 30.9 Å². The van der Waals surface area contributed by atoms with Gasteiger partial charge in [-0.2, -0.15) is 9.97 Å². The summed E-state index contributed by atoms with van der Waals surface area (Å²) >= 11 is 3.15. The maximum absolute atomic E-state index is 13.3. The quantitative estimate of drug-likeness (QED) is 0.769. The molecule has 0 amide bonds. The van der Waals surface area contributed by atoms with E-state index in [0.717, 1.165) is 5.56 Å². The maximum Gasteiger partial charge on any atom is 0.224 e. The maximum atomic E-state index is 13.3. The van der Waals surface area contributed by atoms with E-state index < -0.39 is 0 Å². The molecule has 0 aliphatic rings. The molecule has 21 heavy (non-hydrogen) atoms. The first kappa shape index (κ1) is 13.6. The first-order chi connectivity index (χ1) is 10.1. The van der Waals surface area contributed by atoms with Gasteiger partial charge in [0.2, 0.25) is 5.95 Å². The van der Waals surface area contributed by atoms with Crippen LogP contribution in [0.2, 0.25) is 0 Å². The molecule has 0 aliphatic heterocycles. The summed E-state index contributed by atoms with van der Waals surface area (Å²) in [5, 5.41) is 0. The SMILES string of the molecule is Nc1nc(-c2ccccc2)nc(-c2ccc(F)c(Br)c2)n1. The summed E-state index contributed by atoms with van der Waals surface area (Å²) in [6.45, 7) is 0. The first-order valence-electron chi connectivity index (χ1n) is 6.16. The van der Waals surface area contributed by atoms with Gasteiger partial charge in [-0.05, 0) is 34.1 Å². The molecule has 1 aromatic heterocycles. The number of benzene rings is 2. The van der Waals surface area contributed by atoms with E-state index in [9.17, 15) is 4.39 Å². The lowest BCUT2D eigenvalue weighted by molar-refractivity contribution is 0.621. The molecule has 1 heterocycles. The van der Waals surface area contributed by atoms with Gasteiger partial charge < -0.3 is 5.73 Å². The predicted octanol–water partition coefficient (Wildman–Crippen LogP) is 3.69. The number of nitrogens with two attached hydrogens (primary N) is 1. The summed E-state index contributed by atoms with van der Waals surface area (Å²) in [6.07, 6.45) is 0. The molecule has 0 radical (unpaired) electrons. The summed E-state index contributed by atoms with van der Waals surface area (Å²) < 4.78 is 13.7. The Kier molecular flexibility index (Phi) is 3.62. The van der Waals surface area contributed by atoms with Crippen LogP contribution in [0.15, 0.2) is 53.0 Å². The van der Waals surface area contributed by atoms with Crippen molar-refractivity contribution in [3.8, 4) is 22.8 Å². The number of nitrogen functional groups attached to an aromatic ring is 1. The van der Waals surface area contributed by atoms with Crippen LogP contribution in [0, 0.1) is 5.82 Å². The van der Waals surface area contributed by atoms with Gasteiger partial charge in [0.15, 0.2) is 11.6 Å². The van der Waals surface area contributed by atoms with Gasteiger partial charge in [-0.3, -0.25) is 0 Å². The zero-order valence-corrected chi connectivity index (χ0v) is 12.4. The second-order valence-electron chi connectivity index (χ2n) is 4.34. The zero-order valence-electron chi connectivity index (χ0n) is 10.8. The van der Waals surface area contributed by atoms with E-state index in [4.69, 9.17) is 5.73 Å². The van der Waals surface area contributed by atoms with Crippen LogP contribution >= 0.6 is 15.9 Å². The molecule has 0 unspecified atom stereocenters. The number of rotatable bonds is 2. The fourth-order valence-electron chi connectivity index (χ4n) is 1.87. The van der Waals surface area contributed by atoms with Crippen LogP contribution in [0.5, 0.6) is 0 Å². The summed E-state index contributed by atoms with van der Waals surface area (Å²) in [6, 6.07) is 14.0. The minimum Gasteiger partial charge on any atom is -0.368 e. The fourth-order valence-corrected chi connectivity index (χ4v) is 2.25. The average Bonchev–Trinajstić information content (AvgIpc) is 2.50. The number of nitrogens with zero attached hydrogens (tertiary/aromatic N) is 3. The van der Waals surface area contributed by atoms with Crippen molar-refractivity contribution in [3.63, 3.8) is 0 Å². The van der Waals surface area contributed by atoms with Crippen molar-refractivity contribution in [1.29, 1.82) is 0 Å². The Bertz CT molecular complexity index is 793. The Morgan fingerprint density at radius 1 is 0.857 bits per heavy atom. The van der Waals surface area contributed by atoms with Crippen molar-refractivity contribution in [2.45, 2.75) is 0 Å². The van der Waals surface area contributed by atoms with E-state index in [1.54, 1.807) is 12.1 Å². The molecule has 0 atom stereocenters. The smallest absolute Gasteiger partial charge is 0.224 e. The van der Waals surface area contributed by atoms with Gasteiger partial charge in [0.05, 0.1) is 4.47 Å². The minimum absolute atomic E-state index is 0.124. The van der Waals surface area contributed by atoms with E-state index in [0.29, 0.717) is 21.7 Å². The van der Waals surface area contributed by atoms with Crippen LogP contribution in [-0.2, 0) is 0 Å². The molecule has 3 aromatic rings. The molecule has 2 aromatic carbocycles. The van der Waals surface area contributed by atoms with Crippen LogP contribution < -0.4 is 5.73 Å². The topological polar surface area (TPSA) is 64.7 Å². The lowest BCUT2D eigenvalue weighted by Crippen LogP contribution is -2.02. The Hall–Kier alpha value is -2.34. The van der Waals surface area contributed by atoms with Crippen molar-refractivity contribution in [3.05, 3.63) is 58.8 Å². The first-order valence-corrected chi connectivity index (χ1v) is 6.95. The van der Waals surface area contributed by atoms with Gasteiger partial charge in [0.1, 0.15) is 5.82 Å². The molecule has 3 rings (SSSR count). The Morgan fingerprint density at radius 3 is 2.19 bits per heavy atom. The molecule has 4 nitrogen and oxygen atoms in total. The van der Waals surface area contributed by atoms with Crippen LogP contribution in [0.25, 0.3) is 22.8 Å². The molecule has 2 N–H and O–H groups in total. The van der Waals surface area contributed by atoms with E-state index in [1.807, 2.05) is 30.3 Å². The van der Waals surface area contributed by atoms with Crippen LogP contribution in [0.1, 0.15) is 0 Å². The molecule has 6 heteroatoms. The molecule has 0 bridgehead atoms. The molecule has 0 fully saturated rings. The number of aromatic nitrogens is 3. The van der Waals surface area contributed by atoms with Crippen molar-refractivity contribution in [2.75, 3.05) is 5.73 Å². The lowest BCUT2D eigenvalue weighted by Gasteiger charge is -2.06. The van der Waals surface area contributed by atoms with Crippen molar-refractivity contribution in [2.24, 2.45) is 0 Å². The minimum atomic E-state index is -0.343. The third-order valence-electron chi connectivity index (χ3n) is 2.86. The Labute approximate surface area is 129 Å². The number of hydrogen-bond acceptors (Lipinski definition) is 4. The average molecular weight is 345 g/mol. The highest BCUT2D eigenvalue weighted by molar-refractivity contribution is 9.10. The highest BCUT2D eigenvalue weighted by Crippen LogP contribution is 2.25. The van der Waals surface area contributed by atoms with Crippen molar-refractivity contribution >= 4 is 21.9 Å². The highest BCUT2D eigenvalue weighted by atomic mass is 79.9. The Balaban J connectivity index is 2.11. The van der Waals surface area contributed by atoms with Crippen molar-refractivity contribution in [1.82, 2.24) is 15.0 Å². The standard InChI is InChI=1S/C15H10BrFN4/c16-11-8-10(6-7-12(11)17)14-19-13(20-15(18)21-14)9-4-2-1-3-5-9/h1-8H,(H2,18,19,20,21). The molecule has 0 spiro atoms. The van der Waals surface area contributed by atoms with Crippen molar-refractivity contribution < 1.29 is 4.39 Å². The van der Waals surface area contributed by atoms with Gasteiger partial charge in [-0.15, -0.1) is 0 Å². The van der Waals surface area contributed by atoms with E-state index >= 15 is 0 Å². The fraction of sp³-hybridized carbons (Fsp3) is 0.